The third-order valence-electron chi connectivity index (χ3n) is 2.75. The van der Waals surface area contributed by atoms with Crippen molar-refractivity contribution in [3.8, 4) is 5.95 Å². The van der Waals surface area contributed by atoms with Crippen molar-refractivity contribution in [2.45, 2.75) is 26.7 Å². The van der Waals surface area contributed by atoms with E-state index in [1.54, 1.807) is 6.20 Å². The fraction of sp³-hybridized carbons (Fsp3) is 0.538. The Morgan fingerprint density at radius 1 is 1.20 bits per heavy atom. The summed E-state index contributed by atoms with van der Waals surface area (Å²) in [6.45, 7) is 4.91. The van der Waals surface area contributed by atoms with E-state index in [2.05, 4.69) is 32.2 Å². The van der Waals surface area contributed by atoms with E-state index >= 15 is 0 Å². The summed E-state index contributed by atoms with van der Waals surface area (Å²) in [5, 5.41) is 3.13. The molecule has 2 aromatic heterocycles. The number of aromatic nitrogens is 5. The van der Waals surface area contributed by atoms with Gasteiger partial charge in [-0.05, 0) is 13.3 Å². The maximum Gasteiger partial charge on any atom is 0.241 e. The van der Waals surface area contributed by atoms with E-state index in [1.807, 2.05) is 36.7 Å². The van der Waals surface area contributed by atoms with Gasteiger partial charge in [0.1, 0.15) is 5.82 Å². The quantitative estimate of drug-likeness (QED) is 0.861. The number of hydrogen-bond acceptors (Lipinski definition) is 6. The fourth-order valence-electron chi connectivity index (χ4n) is 1.82. The highest BCUT2D eigenvalue weighted by atomic mass is 15.3. The van der Waals surface area contributed by atoms with Crippen LogP contribution in [0.15, 0.2) is 12.4 Å². The van der Waals surface area contributed by atoms with E-state index in [1.165, 1.54) is 0 Å². The summed E-state index contributed by atoms with van der Waals surface area (Å²) in [7, 11) is 3.82. The first-order valence-electron chi connectivity index (χ1n) is 6.85. The van der Waals surface area contributed by atoms with E-state index in [0.717, 1.165) is 25.2 Å². The van der Waals surface area contributed by atoms with Crippen molar-refractivity contribution in [1.29, 1.82) is 0 Å². The topological polar surface area (TPSA) is 71.8 Å². The normalized spacial score (nSPS) is 10.6. The summed E-state index contributed by atoms with van der Waals surface area (Å²) in [4.78, 5) is 19.5. The van der Waals surface area contributed by atoms with Gasteiger partial charge in [0.25, 0.3) is 0 Å². The Kier molecular flexibility index (Phi) is 4.49. The van der Waals surface area contributed by atoms with Gasteiger partial charge < -0.3 is 10.2 Å². The molecule has 0 aliphatic heterocycles. The molecule has 0 unspecified atom stereocenters. The predicted octanol–water partition coefficient (Wildman–Crippen LogP) is 1.51. The third-order valence-corrected chi connectivity index (χ3v) is 2.75. The molecule has 0 spiro atoms. The molecule has 1 N–H and O–H groups in total. The monoisotopic (exact) mass is 275 g/mol. The largest absolute Gasteiger partial charge is 0.354 e. The van der Waals surface area contributed by atoms with Gasteiger partial charge in [-0.2, -0.15) is 15.0 Å². The summed E-state index contributed by atoms with van der Waals surface area (Å²) >= 11 is 0. The summed E-state index contributed by atoms with van der Waals surface area (Å²) in [5.41, 5.74) is 0. The number of imidazole rings is 1. The number of nitrogens with one attached hydrogen (secondary N) is 1. The van der Waals surface area contributed by atoms with Gasteiger partial charge in [0.2, 0.25) is 17.8 Å². The Labute approximate surface area is 119 Å². The lowest BCUT2D eigenvalue weighted by Gasteiger charge is -2.14. The molecule has 0 fully saturated rings. The van der Waals surface area contributed by atoms with Crippen LogP contribution in [-0.4, -0.2) is 45.1 Å². The lowest BCUT2D eigenvalue weighted by molar-refractivity contribution is 0.773. The highest BCUT2D eigenvalue weighted by molar-refractivity contribution is 5.39. The van der Waals surface area contributed by atoms with Crippen LogP contribution in [0.1, 0.15) is 26.1 Å². The predicted molar refractivity (Wildman–Crippen MR) is 79.4 cm³/mol. The van der Waals surface area contributed by atoms with Crippen LogP contribution in [0, 0.1) is 0 Å². The average molecular weight is 275 g/mol. The summed E-state index contributed by atoms with van der Waals surface area (Å²) < 4.78 is 1.92. The summed E-state index contributed by atoms with van der Waals surface area (Å²) in [6.07, 6.45) is 5.59. The number of hydrogen-bond donors (Lipinski definition) is 1. The van der Waals surface area contributed by atoms with E-state index in [9.17, 15) is 0 Å². The summed E-state index contributed by atoms with van der Waals surface area (Å²) in [5.74, 6) is 2.77. The standard InChI is InChI=1S/C13H21N7/c1-5-7-10-15-8-9-20(10)13-17-11(14-6-2)16-12(18-13)19(3)4/h8-9H,5-7H2,1-4H3,(H,14,16,17,18). The van der Waals surface area contributed by atoms with Crippen LogP contribution in [0.3, 0.4) is 0 Å². The Morgan fingerprint density at radius 3 is 2.65 bits per heavy atom. The molecule has 2 heterocycles. The van der Waals surface area contributed by atoms with Gasteiger partial charge in [-0.1, -0.05) is 6.92 Å². The maximum atomic E-state index is 4.49. The molecule has 2 aromatic rings. The van der Waals surface area contributed by atoms with E-state index in [4.69, 9.17) is 0 Å². The minimum absolute atomic E-state index is 0.581. The first-order chi connectivity index (χ1) is 9.65. The van der Waals surface area contributed by atoms with Gasteiger partial charge in [0.15, 0.2) is 0 Å². The molecule has 0 aliphatic rings. The zero-order chi connectivity index (χ0) is 14.5. The first-order valence-corrected chi connectivity index (χ1v) is 6.85. The molecule has 0 amide bonds. The second-order valence-corrected chi connectivity index (χ2v) is 4.65. The molecule has 7 nitrogen and oxygen atoms in total. The van der Waals surface area contributed by atoms with Crippen molar-refractivity contribution >= 4 is 11.9 Å². The Bertz CT molecular complexity index is 562. The molecule has 0 saturated carbocycles. The Hall–Kier alpha value is -2.18. The average Bonchev–Trinajstić information content (AvgIpc) is 2.87. The molecule has 0 atom stereocenters. The molecule has 0 aromatic carbocycles. The third kappa shape index (κ3) is 3.04. The first kappa shape index (κ1) is 14.2. The minimum Gasteiger partial charge on any atom is -0.354 e. The number of aryl methyl sites for hydroxylation is 1. The number of rotatable bonds is 6. The second kappa shape index (κ2) is 6.31. The molecule has 0 aliphatic carbocycles. The minimum atomic E-state index is 0.581. The highest BCUT2D eigenvalue weighted by Gasteiger charge is 2.12. The van der Waals surface area contributed by atoms with E-state index < -0.39 is 0 Å². The van der Waals surface area contributed by atoms with Gasteiger partial charge in [0.05, 0.1) is 0 Å². The SMILES string of the molecule is CCCc1nccn1-c1nc(NCC)nc(N(C)C)n1. The van der Waals surface area contributed by atoms with Crippen molar-refractivity contribution in [2.24, 2.45) is 0 Å². The molecule has 7 heteroatoms. The van der Waals surface area contributed by atoms with Crippen LogP contribution in [0.2, 0.25) is 0 Å². The van der Waals surface area contributed by atoms with Gasteiger partial charge in [-0.3, -0.25) is 4.57 Å². The lowest BCUT2D eigenvalue weighted by Crippen LogP contribution is -2.18. The Morgan fingerprint density at radius 2 is 2.00 bits per heavy atom. The van der Waals surface area contributed by atoms with Crippen molar-refractivity contribution in [3.63, 3.8) is 0 Å². The second-order valence-electron chi connectivity index (χ2n) is 4.65. The smallest absolute Gasteiger partial charge is 0.241 e. The molecule has 0 saturated heterocycles. The van der Waals surface area contributed by atoms with Crippen molar-refractivity contribution in [1.82, 2.24) is 24.5 Å². The van der Waals surface area contributed by atoms with Gasteiger partial charge in [-0.15, -0.1) is 0 Å². The zero-order valence-corrected chi connectivity index (χ0v) is 12.5. The maximum absolute atomic E-state index is 4.49. The van der Waals surface area contributed by atoms with Crippen LogP contribution in [0.25, 0.3) is 5.95 Å². The van der Waals surface area contributed by atoms with E-state index in [0.29, 0.717) is 17.8 Å². The molecule has 108 valence electrons. The van der Waals surface area contributed by atoms with Gasteiger partial charge in [-0.25, -0.2) is 4.98 Å². The Balaban J connectivity index is 2.46. The van der Waals surface area contributed by atoms with Crippen molar-refractivity contribution < 1.29 is 0 Å². The van der Waals surface area contributed by atoms with Crippen molar-refractivity contribution in [2.75, 3.05) is 30.9 Å². The molecular formula is C13H21N7. The summed E-state index contributed by atoms with van der Waals surface area (Å²) in [6, 6.07) is 0. The molecular weight excluding hydrogens is 254 g/mol. The van der Waals surface area contributed by atoms with Gasteiger partial charge in [0, 0.05) is 39.5 Å². The van der Waals surface area contributed by atoms with Crippen LogP contribution in [0.5, 0.6) is 0 Å². The van der Waals surface area contributed by atoms with Gasteiger partial charge >= 0.3 is 0 Å². The van der Waals surface area contributed by atoms with Crippen LogP contribution in [-0.2, 0) is 6.42 Å². The van der Waals surface area contributed by atoms with Crippen molar-refractivity contribution in [3.05, 3.63) is 18.2 Å². The lowest BCUT2D eigenvalue weighted by atomic mass is 10.3. The zero-order valence-electron chi connectivity index (χ0n) is 12.5. The van der Waals surface area contributed by atoms with E-state index in [-0.39, 0.29) is 0 Å². The molecule has 0 radical (unpaired) electrons. The number of anilines is 2. The fourth-order valence-corrected chi connectivity index (χ4v) is 1.82. The molecule has 20 heavy (non-hydrogen) atoms. The molecule has 2 rings (SSSR count). The van der Waals surface area contributed by atoms with Crippen LogP contribution >= 0.6 is 0 Å². The van der Waals surface area contributed by atoms with Crippen LogP contribution < -0.4 is 10.2 Å². The molecule has 0 bridgehead atoms. The van der Waals surface area contributed by atoms with Crippen LogP contribution in [0.4, 0.5) is 11.9 Å². The number of nitrogens with zero attached hydrogens (tertiary/aromatic N) is 6. The highest BCUT2D eigenvalue weighted by Crippen LogP contribution is 2.13.